The zero-order valence-electron chi connectivity index (χ0n) is 22.5. The number of ether oxygens (including phenoxy) is 2. The number of carbonyl (C=O) groups excluding carboxylic acids is 1. The van der Waals surface area contributed by atoms with Gasteiger partial charge in [-0.05, 0) is 62.3 Å². The smallest absolute Gasteiger partial charge is 0.225 e. The third-order valence-electron chi connectivity index (χ3n) is 8.25. The first kappa shape index (κ1) is 28.0. The Morgan fingerprint density at radius 2 is 2.08 bits per heavy atom. The van der Waals surface area contributed by atoms with E-state index in [0.29, 0.717) is 43.3 Å². The highest BCUT2D eigenvalue weighted by atomic mass is 35.5. The van der Waals surface area contributed by atoms with Crippen LogP contribution in [0.1, 0.15) is 44.1 Å². The Hall–Kier alpha value is -2.55. The molecule has 2 aliphatic rings. The van der Waals surface area contributed by atoms with Crippen molar-refractivity contribution < 1.29 is 19.4 Å². The lowest BCUT2D eigenvalue weighted by molar-refractivity contribution is -0.167. The van der Waals surface area contributed by atoms with Gasteiger partial charge in [-0.25, -0.2) is 0 Å². The van der Waals surface area contributed by atoms with Gasteiger partial charge in [-0.3, -0.25) is 9.78 Å². The molecule has 5 rings (SSSR count). The maximum atomic E-state index is 13.4. The third kappa shape index (κ3) is 5.98. The summed E-state index contributed by atoms with van der Waals surface area (Å²) >= 11 is 6.85. The van der Waals surface area contributed by atoms with E-state index < -0.39 is 11.7 Å². The second-order valence-electron chi connectivity index (χ2n) is 10.9. The first-order valence-electron chi connectivity index (χ1n) is 13.9. The Morgan fingerprint density at radius 3 is 2.87 bits per heavy atom. The minimum atomic E-state index is -1.38. The minimum absolute atomic E-state index is 0.0565. The number of unbranched alkanes of at least 4 members (excludes halogenated alkanes) is 1. The Bertz CT molecular complexity index is 1300. The molecule has 0 unspecified atom stereocenters. The number of methoxy groups -OCH3 is 1. The number of pyridine rings is 1. The molecule has 7 nitrogen and oxygen atoms in total. The molecule has 1 aromatic heterocycles. The lowest BCUT2D eigenvalue weighted by Gasteiger charge is -2.44. The number of nitrogens with zero attached hydrogens (tertiary/aromatic N) is 2. The van der Waals surface area contributed by atoms with Crippen LogP contribution in [0.5, 0.6) is 0 Å². The van der Waals surface area contributed by atoms with Crippen molar-refractivity contribution in [3.63, 3.8) is 0 Å². The largest absolute Gasteiger partial charge is 0.385 e. The van der Waals surface area contributed by atoms with Gasteiger partial charge in [0.2, 0.25) is 5.91 Å². The highest BCUT2D eigenvalue weighted by Crippen LogP contribution is 2.43. The van der Waals surface area contributed by atoms with Gasteiger partial charge in [0, 0.05) is 60.0 Å². The fraction of sp³-hybridized carbons (Fsp3) is 0.484. The summed E-state index contributed by atoms with van der Waals surface area (Å²) < 4.78 is 11.5. The molecule has 2 fully saturated rings. The van der Waals surface area contributed by atoms with Crippen LogP contribution in [0.3, 0.4) is 0 Å². The molecular weight excluding hydrogens is 514 g/mol. The van der Waals surface area contributed by atoms with E-state index in [-0.39, 0.29) is 17.9 Å². The van der Waals surface area contributed by atoms with Crippen LogP contribution in [-0.4, -0.2) is 66.5 Å². The zero-order chi connectivity index (χ0) is 27.4. The van der Waals surface area contributed by atoms with Crippen molar-refractivity contribution in [1.29, 1.82) is 0 Å². The zero-order valence-corrected chi connectivity index (χ0v) is 23.3. The van der Waals surface area contributed by atoms with Gasteiger partial charge in [0.05, 0.1) is 18.7 Å². The molecule has 1 aliphatic carbocycles. The summed E-state index contributed by atoms with van der Waals surface area (Å²) in [6, 6.07) is 15.7. The van der Waals surface area contributed by atoms with Crippen molar-refractivity contribution in [3.8, 4) is 11.1 Å². The fourth-order valence-corrected chi connectivity index (χ4v) is 6.42. The number of amides is 1. The van der Waals surface area contributed by atoms with Crippen LogP contribution in [0.2, 0.25) is 5.02 Å². The standard InChI is InChI=1S/C31H38ClN3O4/c1-38-15-5-4-13-31(37,28-20-35(14-16-39-28)30(36)22-11-12-24(33)18-22)25-8-6-9-26(32)29(25)23-17-21-7-2-3-10-27(21)34-19-23/h2-3,6-10,17,19,22,24,28,37H,4-5,11-16,18,20,33H2,1H3/t22-,24+,28-,31-/m1/s1. The number of benzene rings is 2. The summed E-state index contributed by atoms with van der Waals surface area (Å²) in [5.74, 6) is 0.0574. The van der Waals surface area contributed by atoms with Crippen LogP contribution in [0.15, 0.2) is 54.7 Å². The van der Waals surface area contributed by atoms with Crippen LogP contribution in [-0.2, 0) is 19.9 Å². The molecule has 4 atom stereocenters. The van der Waals surface area contributed by atoms with Crippen molar-refractivity contribution in [2.75, 3.05) is 33.4 Å². The van der Waals surface area contributed by atoms with E-state index in [4.69, 9.17) is 26.8 Å². The molecule has 3 aromatic rings. The van der Waals surface area contributed by atoms with Gasteiger partial charge >= 0.3 is 0 Å². The lowest BCUT2D eigenvalue weighted by Crippen LogP contribution is -2.55. The Balaban J connectivity index is 1.52. The number of aliphatic hydroxyl groups is 1. The van der Waals surface area contributed by atoms with E-state index in [1.165, 1.54) is 0 Å². The molecule has 0 spiro atoms. The highest BCUT2D eigenvalue weighted by molar-refractivity contribution is 6.33. The van der Waals surface area contributed by atoms with E-state index in [0.717, 1.165) is 54.1 Å². The molecular formula is C31H38ClN3O4. The van der Waals surface area contributed by atoms with Gasteiger partial charge in [-0.1, -0.05) is 41.9 Å². The predicted molar refractivity (Wildman–Crippen MR) is 153 cm³/mol. The molecule has 1 aliphatic heterocycles. The maximum Gasteiger partial charge on any atom is 0.225 e. The molecule has 1 saturated carbocycles. The fourth-order valence-electron chi connectivity index (χ4n) is 6.13. The van der Waals surface area contributed by atoms with Crippen molar-refractivity contribution >= 4 is 28.4 Å². The van der Waals surface area contributed by atoms with Crippen molar-refractivity contribution in [1.82, 2.24) is 9.88 Å². The van der Waals surface area contributed by atoms with Crippen molar-refractivity contribution in [3.05, 3.63) is 65.3 Å². The minimum Gasteiger partial charge on any atom is -0.385 e. The number of fused-ring (bicyclic) bond motifs is 1. The van der Waals surface area contributed by atoms with Gasteiger partial charge in [0.25, 0.3) is 0 Å². The molecule has 8 heteroatoms. The monoisotopic (exact) mass is 551 g/mol. The Kier molecular flexibility index (Phi) is 8.84. The molecule has 1 amide bonds. The predicted octanol–water partition coefficient (Wildman–Crippen LogP) is 4.91. The molecule has 0 radical (unpaired) electrons. The molecule has 0 bridgehead atoms. The number of nitrogens with two attached hydrogens (primary N) is 1. The molecule has 2 aromatic carbocycles. The number of rotatable bonds is 9. The van der Waals surface area contributed by atoms with Crippen LogP contribution in [0.25, 0.3) is 22.0 Å². The molecule has 39 heavy (non-hydrogen) atoms. The molecule has 1 saturated heterocycles. The second-order valence-corrected chi connectivity index (χ2v) is 11.3. The van der Waals surface area contributed by atoms with Crippen LogP contribution in [0, 0.1) is 5.92 Å². The number of halogens is 1. The summed E-state index contributed by atoms with van der Waals surface area (Å²) in [7, 11) is 1.68. The van der Waals surface area contributed by atoms with Gasteiger partial charge < -0.3 is 25.2 Å². The highest BCUT2D eigenvalue weighted by Gasteiger charge is 2.45. The van der Waals surface area contributed by atoms with E-state index in [1.807, 2.05) is 47.4 Å². The SMILES string of the molecule is COCCCC[C@@](O)(c1cccc(Cl)c1-c1cnc2ccccc2c1)[C@H]1CN(C(=O)[C@@H]2CC[C@H](N)C2)CCO1. The molecule has 2 heterocycles. The van der Waals surface area contributed by atoms with Gasteiger partial charge in [0.15, 0.2) is 0 Å². The number of aromatic nitrogens is 1. The summed E-state index contributed by atoms with van der Waals surface area (Å²) in [6.45, 7) is 1.79. The van der Waals surface area contributed by atoms with Gasteiger partial charge in [-0.15, -0.1) is 0 Å². The number of carbonyl (C=O) groups is 1. The van der Waals surface area contributed by atoms with Gasteiger partial charge in [0.1, 0.15) is 11.7 Å². The Morgan fingerprint density at radius 1 is 1.23 bits per heavy atom. The number of hydrogen-bond donors (Lipinski definition) is 2. The first-order valence-corrected chi connectivity index (χ1v) is 14.3. The second kappa shape index (κ2) is 12.3. The lowest BCUT2D eigenvalue weighted by atomic mass is 9.79. The average molecular weight is 552 g/mol. The summed E-state index contributed by atoms with van der Waals surface area (Å²) in [5, 5.41) is 14.1. The number of hydrogen-bond acceptors (Lipinski definition) is 6. The molecule has 208 valence electrons. The number of morpholine rings is 1. The number of para-hydroxylation sites is 1. The van der Waals surface area contributed by atoms with E-state index in [1.54, 1.807) is 13.3 Å². The average Bonchev–Trinajstić information content (AvgIpc) is 3.40. The van der Waals surface area contributed by atoms with Crippen LogP contribution in [0.4, 0.5) is 0 Å². The van der Waals surface area contributed by atoms with Crippen molar-refractivity contribution in [2.24, 2.45) is 11.7 Å². The Labute approximate surface area is 235 Å². The first-order chi connectivity index (χ1) is 18.9. The van der Waals surface area contributed by atoms with Crippen LogP contribution >= 0.6 is 11.6 Å². The summed E-state index contributed by atoms with van der Waals surface area (Å²) in [4.78, 5) is 19.9. The summed E-state index contributed by atoms with van der Waals surface area (Å²) in [5.41, 5.74) is 7.86. The van der Waals surface area contributed by atoms with E-state index in [2.05, 4.69) is 11.1 Å². The van der Waals surface area contributed by atoms with Crippen molar-refractivity contribution in [2.45, 2.75) is 56.3 Å². The molecule has 3 N–H and O–H groups in total. The third-order valence-corrected chi connectivity index (χ3v) is 8.56. The maximum absolute atomic E-state index is 13.4. The van der Waals surface area contributed by atoms with E-state index in [9.17, 15) is 9.90 Å². The van der Waals surface area contributed by atoms with E-state index >= 15 is 0 Å². The summed E-state index contributed by atoms with van der Waals surface area (Å²) in [6.07, 6.45) is 5.55. The normalized spacial score (nSPS) is 23.2. The van der Waals surface area contributed by atoms with Gasteiger partial charge in [-0.2, -0.15) is 0 Å². The van der Waals surface area contributed by atoms with Crippen LogP contribution < -0.4 is 5.73 Å². The topological polar surface area (TPSA) is 97.9 Å². The quantitative estimate of drug-likeness (QED) is 0.367.